The molecular formula is C23H17BrN2O4S2. The van der Waals surface area contributed by atoms with Crippen molar-refractivity contribution in [3.05, 3.63) is 93.3 Å². The first kappa shape index (κ1) is 22.3. The SMILES string of the molecule is Cc1ccc(S(=O)(=O)Oc2ccc(/C=C3/SC(=Nc4ccccc4Br)NC3=O)cc2)cc1. The number of benzene rings is 3. The van der Waals surface area contributed by atoms with E-state index in [-0.39, 0.29) is 16.6 Å². The molecule has 9 heteroatoms. The summed E-state index contributed by atoms with van der Waals surface area (Å²) in [6, 6.07) is 20.4. The molecular weight excluding hydrogens is 512 g/mol. The Morgan fingerprint density at radius 2 is 1.69 bits per heavy atom. The van der Waals surface area contributed by atoms with Gasteiger partial charge in [-0.25, -0.2) is 4.99 Å². The van der Waals surface area contributed by atoms with Gasteiger partial charge in [-0.05, 0) is 82.7 Å². The number of aryl methyl sites for hydroxylation is 1. The fourth-order valence-electron chi connectivity index (χ4n) is 2.78. The second-order valence-electron chi connectivity index (χ2n) is 6.85. The summed E-state index contributed by atoms with van der Waals surface area (Å²) in [5.41, 5.74) is 2.40. The van der Waals surface area contributed by atoms with E-state index in [1.54, 1.807) is 42.5 Å². The van der Waals surface area contributed by atoms with Gasteiger partial charge in [-0.2, -0.15) is 8.42 Å². The molecule has 1 aliphatic rings. The molecule has 0 unspecified atom stereocenters. The fourth-order valence-corrected chi connectivity index (χ4v) is 4.92. The van der Waals surface area contributed by atoms with Crippen LogP contribution >= 0.6 is 27.7 Å². The monoisotopic (exact) mass is 528 g/mol. The van der Waals surface area contributed by atoms with Crippen LogP contribution in [-0.4, -0.2) is 19.5 Å². The molecule has 1 saturated heterocycles. The number of carbonyl (C=O) groups excluding carboxylic acids is 1. The summed E-state index contributed by atoms with van der Waals surface area (Å²) in [6.45, 7) is 1.88. The summed E-state index contributed by atoms with van der Waals surface area (Å²) in [6.07, 6.45) is 1.71. The normalized spacial score (nSPS) is 16.4. The molecule has 6 nitrogen and oxygen atoms in total. The third kappa shape index (κ3) is 5.29. The molecule has 3 aromatic rings. The van der Waals surface area contributed by atoms with Crippen LogP contribution in [0.4, 0.5) is 5.69 Å². The van der Waals surface area contributed by atoms with E-state index in [1.807, 2.05) is 31.2 Å². The van der Waals surface area contributed by atoms with E-state index in [4.69, 9.17) is 4.18 Å². The van der Waals surface area contributed by atoms with Crippen LogP contribution in [0.15, 0.2) is 92.1 Å². The molecule has 162 valence electrons. The number of halogens is 1. The van der Waals surface area contributed by atoms with Gasteiger partial charge in [0, 0.05) is 4.47 Å². The smallest absolute Gasteiger partial charge is 0.339 e. The van der Waals surface area contributed by atoms with Crippen LogP contribution < -0.4 is 9.50 Å². The Morgan fingerprint density at radius 3 is 2.38 bits per heavy atom. The lowest BCUT2D eigenvalue weighted by molar-refractivity contribution is -0.115. The Morgan fingerprint density at radius 1 is 1.00 bits per heavy atom. The number of aliphatic imine (C=N–C) groups is 1. The molecule has 0 radical (unpaired) electrons. The zero-order chi connectivity index (χ0) is 22.7. The van der Waals surface area contributed by atoms with Crippen LogP contribution in [0.2, 0.25) is 0 Å². The lowest BCUT2D eigenvalue weighted by Crippen LogP contribution is -2.19. The zero-order valence-corrected chi connectivity index (χ0v) is 20.0. The summed E-state index contributed by atoms with van der Waals surface area (Å²) < 4.78 is 30.9. The maximum atomic E-state index is 12.4. The molecule has 1 fully saturated rings. The van der Waals surface area contributed by atoms with Crippen molar-refractivity contribution in [2.75, 3.05) is 0 Å². The minimum atomic E-state index is -3.92. The Labute approximate surface area is 198 Å². The number of amides is 1. The summed E-state index contributed by atoms with van der Waals surface area (Å²) in [4.78, 5) is 17.3. The molecule has 1 aliphatic heterocycles. The minimum absolute atomic E-state index is 0.0881. The third-order valence-electron chi connectivity index (χ3n) is 4.42. The second-order valence-corrected chi connectivity index (χ2v) is 10.3. The predicted octanol–water partition coefficient (Wildman–Crippen LogP) is 5.42. The van der Waals surface area contributed by atoms with Gasteiger partial charge >= 0.3 is 10.1 Å². The maximum Gasteiger partial charge on any atom is 0.339 e. The number of rotatable bonds is 5. The first-order chi connectivity index (χ1) is 15.3. The molecule has 3 aromatic carbocycles. The van der Waals surface area contributed by atoms with Crippen molar-refractivity contribution in [1.82, 2.24) is 5.32 Å². The topological polar surface area (TPSA) is 84.8 Å². The van der Waals surface area contributed by atoms with Gasteiger partial charge in [0.1, 0.15) is 10.6 Å². The van der Waals surface area contributed by atoms with E-state index in [0.29, 0.717) is 15.8 Å². The highest BCUT2D eigenvalue weighted by Crippen LogP contribution is 2.31. The van der Waals surface area contributed by atoms with Crippen molar-refractivity contribution < 1.29 is 17.4 Å². The van der Waals surface area contributed by atoms with Gasteiger partial charge in [0.15, 0.2) is 5.17 Å². The van der Waals surface area contributed by atoms with Crippen molar-refractivity contribution in [3.8, 4) is 5.75 Å². The Hall–Kier alpha value is -2.88. The lowest BCUT2D eigenvalue weighted by atomic mass is 10.2. The van der Waals surface area contributed by atoms with Gasteiger partial charge in [-0.3, -0.25) is 4.79 Å². The molecule has 1 amide bonds. The molecule has 0 saturated carbocycles. The molecule has 1 heterocycles. The Bertz CT molecular complexity index is 1330. The maximum absolute atomic E-state index is 12.4. The van der Waals surface area contributed by atoms with Crippen molar-refractivity contribution in [2.24, 2.45) is 4.99 Å². The average Bonchev–Trinajstić information content (AvgIpc) is 3.10. The van der Waals surface area contributed by atoms with Gasteiger partial charge < -0.3 is 9.50 Å². The minimum Gasteiger partial charge on any atom is -0.379 e. The van der Waals surface area contributed by atoms with Crippen LogP contribution in [0.5, 0.6) is 5.75 Å². The summed E-state index contributed by atoms with van der Waals surface area (Å²) in [5.74, 6) is -0.0597. The highest BCUT2D eigenvalue weighted by Gasteiger charge is 2.24. The first-order valence-electron chi connectivity index (χ1n) is 9.45. The highest BCUT2D eigenvalue weighted by molar-refractivity contribution is 9.10. The fraction of sp³-hybridized carbons (Fsp3) is 0.0435. The van der Waals surface area contributed by atoms with Gasteiger partial charge in [-0.1, -0.05) is 42.0 Å². The number of amidine groups is 1. The molecule has 4 rings (SSSR count). The van der Waals surface area contributed by atoms with Crippen LogP contribution in [0.1, 0.15) is 11.1 Å². The van der Waals surface area contributed by atoms with Crippen LogP contribution in [-0.2, 0) is 14.9 Å². The van der Waals surface area contributed by atoms with Crippen molar-refractivity contribution in [2.45, 2.75) is 11.8 Å². The van der Waals surface area contributed by atoms with Crippen LogP contribution in [0.25, 0.3) is 6.08 Å². The second kappa shape index (κ2) is 9.32. The molecule has 0 aromatic heterocycles. The average molecular weight is 529 g/mol. The largest absolute Gasteiger partial charge is 0.379 e. The zero-order valence-electron chi connectivity index (χ0n) is 16.8. The number of para-hydroxylation sites is 1. The van der Waals surface area contributed by atoms with Crippen LogP contribution in [0, 0.1) is 6.92 Å². The molecule has 0 spiro atoms. The molecule has 0 atom stereocenters. The molecule has 1 N–H and O–H groups in total. The van der Waals surface area contributed by atoms with Crippen molar-refractivity contribution in [3.63, 3.8) is 0 Å². The van der Waals surface area contributed by atoms with Gasteiger partial charge in [0.05, 0.1) is 10.6 Å². The predicted molar refractivity (Wildman–Crippen MR) is 130 cm³/mol. The standard InChI is InChI=1S/C23H17BrN2O4S2/c1-15-6-12-18(13-7-15)32(28,29)30-17-10-8-16(9-11-17)14-21-22(27)26-23(31-21)25-20-5-3-2-4-19(20)24/h2-14H,1H3,(H,25,26,27)/b21-14+. The van der Waals surface area contributed by atoms with Crippen molar-refractivity contribution in [1.29, 1.82) is 0 Å². The summed E-state index contributed by atoms with van der Waals surface area (Å²) >= 11 is 4.67. The van der Waals surface area contributed by atoms with E-state index in [9.17, 15) is 13.2 Å². The van der Waals surface area contributed by atoms with Crippen molar-refractivity contribution >= 4 is 60.6 Å². The Kier molecular flexibility index (Phi) is 6.50. The van der Waals surface area contributed by atoms with E-state index >= 15 is 0 Å². The quantitative estimate of drug-likeness (QED) is 0.353. The van der Waals surface area contributed by atoms with E-state index in [2.05, 4.69) is 26.2 Å². The van der Waals surface area contributed by atoms with Gasteiger partial charge in [0.25, 0.3) is 5.91 Å². The van der Waals surface area contributed by atoms with Gasteiger partial charge in [-0.15, -0.1) is 0 Å². The summed E-state index contributed by atoms with van der Waals surface area (Å²) in [5, 5.41) is 3.23. The first-order valence-corrected chi connectivity index (χ1v) is 12.5. The number of carbonyl (C=O) groups is 1. The van der Waals surface area contributed by atoms with E-state index < -0.39 is 10.1 Å². The molecule has 0 aliphatic carbocycles. The third-order valence-corrected chi connectivity index (χ3v) is 7.26. The number of nitrogens with one attached hydrogen (secondary N) is 1. The van der Waals surface area contributed by atoms with E-state index in [1.165, 1.54) is 23.9 Å². The lowest BCUT2D eigenvalue weighted by Gasteiger charge is -2.07. The number of thioether (sulfide) groups is 1. The highest BCUT2D eigenvalue weighted by atomic mass is 79.9. The number of hydrogen-bond acceptors (Lipinski definition) is 6. The Balaban J connectivity index is 1.48. The van der Waals surface area contributed by atoms with E-state index in [0.717, 1.165) is 15.6 Å². The molecule has 32 heavy (non-hydrogen) atoms. The number of hydrogen-bond donors (Lipinski definition) is 1. The van der Waals surface area contributed by atoms with Crippen LogP contribution in [0.3, 0.4) is 0 Å². The number of nitrogens with zero attached hydrogens (tertiary/aromatic N) is 1. The van der Waals surface area contributed by atoms with Gasteiger partial charge in [0.2, 0.25) is 0 Å². The summed E-state index contributed by atoms with van der Waals surface area (Å²) in [7, 11) is -3.92. The molecule has 0 bridgehead atoms.